The van der Waals surface area contributed by atoms with Gasteiger partial charge in [0.15, 0.2) is 4.80 Å². The Morgan fingerprint density at radius 3 is 2.55 bits per heavy atom. The molecule has 9 nitrogen and oxygen atoms in total. The van der Waals surface area contributed by atoms with Crippen LogP contribution in [0.25, 0.3) is 6.08 Å². The zero-order valence-electron chi connectivity index (χ0n) is 19.2. The minimum absolute atomic E-state index is 0.265. The van der Waals surface area contributed by atoms with Gasteiger partial charge in [-0.15, -0.1) is 0 Å². The molecule has 1 aliphatic heterocycles. The van der Waals surface area contributed by atoms with Gasteiger partial charge in [-0.05, 0) is 32.1 Å². The summed E-state index contributed by atoms with van der Waals surface area (Å²) in [6, 6.07) is 4.68. The molecule has 1 aliphatic rings. The fourth-order valence-electron chi connectivity index (χ4n) is 3.85. The normalized spacial score (nSPS) is 15.8. The fourth-order valence-corrected chi connectivity index (χ4v) is 4.89. The Hall–Kier alpha value is -3.66. The molecule has 0 saturated carbocycles. The number of benzene rings is 1. The molecule has 0 amide bonds. The maximum atomic E-state index is 13.6. The molecule has 0 aliphatic carbocycles. The second kappa shape index (κ2) is 8.70. The van der Waals surface area contributed by atoms with Gasteiger partial charge < -0.3 is 14.2 Å². The Morgan fingerprint density at radius 2 is 1.94 bits per heavy atom. The van der Waals surface area contributed by atoms with Crippen LogP contribution in [0, 0.1) is 6.92 Å². The van der Waals surface area contributed by atoms with Crippen LogP contribution in [0.2, 0.25) is 0 Å². The number of methoxy groups -OCH3 is 3. The number of thiazole rings is 1. The van der Waals surface area contributed by atoms with Crippen molar-refractivity contribution in [3.63, 3.8) is 0 Å². The predicted molar refractivity (Wildman–Crippen MR) is 123 cm³/mol. The number of rotatable bonds is 5. The highest BCUT2D eigenvalue weighted by atomic mass is 32.1. The summed E-state index contributed by atoms with van der Waals surface area (Å²) in [5.41, 5.74) is 2.85. The van der Waals surface area contributed by atoms with Crippen LogP contribution in [0.15, 0.2) is 45.5 Å². The quantitative estimate of drug-likeness (QED) is 0.526. The molecular formula is C23H24N4O5S. The Bertz CT molecular complexity index is 1460. The van der Waals surface area contributed by atoms with Gasteiger partial charge in [0.25, 0.3) is 5.56 Å². The monoisotopic (exact) mass is 468 g/mol. The molecule has 0 bridgehead atoms. The van der Waals surface area contributed by atoms with Gasteiger partial charge in [0.2, 0.25) is 0 Å². The number of carbonyl (C=O) groups is 1. The highest BCUT2D eigenvalue weighted by Gasteiger charge is 2.35. The molecule has 1 aromatic carbocycles. The molecule has 0 spiro atoms. The third-order valence-corrected chi connectivity index (χ3v) is 6.70. The van der Waals surface area contributed by atoms with E-state index in [0.29, 0.717) is 32.1 Å². The first-order valence-electron chi connectivity index (χ1n) is 10.1. The van der Waals surface area contributed by atoms with E-state index in [1.807, 2.05) is 20.0 Å². The van der Waals surface area contributed by atoms with E-state index in [0.717, 1.165) is 16.8 Å². The van der Waals surface area contributed by atoms with Crippen LogP contribution in [0.4, 0.5) is 0 Å². The van der Waals surface area contributed by atoms with Crippen LogP contribution in [-0.4, -0.2) is 41.6 Å². The number of allylic oxidation sites excluding steroid dienone is 1. The van der Waals surface area contributed by atoms with E-state index in [-0.39, 0.29) is 5.56 Å². The van der Waals surface area contributed by atoms with Crippen LogP contribution >= 0.6 is 11.3 Å². The molecule has 4 rings (SSSR count). The van der Waals surface area contributed by atoms with Crippen molar-refractivity contribution in [2.24, 2.45) is 12.0 Å². The molecule has 2 aromatic heterocycles. The number of fused-ring (bicyclic) bond motifs is 1. The van der Waals surface area contributed by atoms with Crippen molar-refractivity contribution in [1.29, 1.82) is 0 Å². The van der Waals surface area contributed by atoms with Crippen molar-refractivity contribution in [1.82, 2.24) is 14.3 Å². The van der Waals surface area contributed by atoms with Gasteiger partial charge in [0.05, 0.1) is 43.3 Å². The number of nitrogens with zero attached hydrogens (tertiary/aromatic N) is 4. The van der Waals surface area contributed by atoms with Crippen molar-refractivity contribution in [2.75, 3.05) is 21.3 Å². The summed E-state index contributed by atoms with van der Waals surface area (Å²) in [5.74, 6) is 0.692. The molecule has 10 heteroatoms. The number of hydrogen-bond donors (Lipinski definition) is 0. The van der Waals surface area contributed by atoms with Gasteiger partial charge >= 0.3 is 5.97 Å². The largest absolute Gasteiger partial charge is 0.497 e. The van der Waals surface area contributed by atoms with Crippen molar-refractivity contribution < 1.29 is 19.0 Å². The fraction of sp³-hybridized carbons (Fsp3) is 0.304. The number of ether oxygens (including phenoxy) is 3. The molecule has 0 radical (unpaired) electrons. The number of carbonyl (C=O) groups excluding carboxylic acids is 1. The standard InChI is InChI=1S/C23H24N4O5S/c1-12-19(22(29)32-6)20(16-11-24-26(3)13(16)2)27-21(28)18(33-23(27)25-12)9-14-7-8-15(30-4)10-17(14)31-5/h7-11,20H,1-6H3/b18-9+/t20-/m0/s1. The highest BCUT2D eigenvalue weighted by Crippen LogP contribution is 2.32. The van der Waals surface area contributed by atoms with Crippen LogP contribution < -0.4 is 24.4 Å². The van der Waals surface area contributed by atoms with E-state index in [9.17, 15) is 9.59 Å². The zero-order chi connectivity index (χ0) is 23.9. The minimum Gasteiger partial charge on any atom is -0.497 e. The van der Waals surface area contributed by atoms with E-state index < -0.39 is 12.0 Å². The lowest BCUT2D eigenvalue weighted by Gasteiger charge is -2.23. The zero-order valence-corrected chi connectivity index (χ0v) is 20.0. The third-order valence-electron chi connectivity index (χ3n) is 5.72. The smallest absolute Gasteiger partial charge is 0.338 e. The minimum atomic E-state index is -0.692. The molecular weight excluding hydrogens is 444 g/mol. The third kappa shape index (κ3) is 3.76. The molecule has 0 N–H and O–H groups in total. The molecule has 0 fully saturated rings. The summed E-state index contributed by atoms with van der Waals surface area (Å²) in [6.45, 7) is 3.64. The molecule has 172 valence electrons. The molecule has 0 unspecified atom stereocenters. The van der Waals surface area contributed by atoms with Crippen molar-refractivity contribution in [3.05, 3.63) is 72.2 Å². The average Bonchev–Trinajstić information content (AvgIpc) is 3.30. The Balaban J connectivity index is 1.98. The summed E-state index contributed by atoms with van der Waals surface area (Å²) in [7, 11) is 6.27. The lowest BCUT2D eigenvalue weighted by Crippen LogP contribution is -2.40. The number of aryl methyl sites for hydroxylation is 1. The molecule has 0 saturated heterocycles. The molecule has 1 atom stereocenters. The van der Waals surface area contributed by atoms with Crippen LogP contribution in [0.5, 0.6) is 11.5 Å². The number of esters is 1. The summed E-state index contributed by atoms with van der Waals surface area (Å²) < 4.78 is 19.5. The summed E-state index contributed by atoms with van der Waals surface area (Å²) in [6.07, 6.45) is 3.43. The van der Waals surface area contributed by atoms with Crippen molar-refractivity contribution in [2.45, 2.75) is 19.9 Å². The predicted octanol–water partition coefficient (Wildman–Crippen LogP) is 1.47. The van der Waals surface area contributed by atoms with E-state index in [1.54, 1.807) is 50.2 Å². The first kappa shape index (κ1) is 22.5. The van der Waals surface area contributed by atoms with Crippen LogP contribution in [0.3, 0.4) is 0 Å². The summed E-state index contributed by atoms with van der Waals surface area (Å²) in [4.78, 5) is 31.4. The van der Waals surface area contributed by atoms with Gasteiger partial charge in [-0.3, -0.25) is 14.0 Å². The van der Waals surface area contributed by atoms with Gasteiger partial charge in [0, 0.05) is 29.9 Å². The van der Waals surface area contributed by atoms with E-state index in [2.05, 4.69) is 10.1 Å². The van der Waals surface area contributed by atoms with Gasteiger partial charge in [-0.1, -0.05) is 11.3 Å². The maximum absolute atomic E-state index is 13.6. The van der Waals surface area contributed by atoms with Gasteiger partial charge in [-0.25, -0.2) is 9.79 Å². The van der Waals surface area contributed by atoms with Crippen molar-refractivity contribution >= 4 is 23.4 Å². The Labute approximate surface area is 193 Å². The maximum Gasteiger partial charge on any atom is 0.338 e. The SMILES string of the molecule is COC(=O)C1=C(C)N=c2s/c(=C/c3ccc(OC)cc3OC)c(=O)n2[C@H]1c1cnn(C)c1C. The summed E-state index contributed by atoms with van der Waals surface area (Å²) in [5, 5.41) is 4.32. The summed E-state index contributed by atoms with van der Waals surface area (Å²) >= 11 is 1.25. The lowest BCUT2D eigenvalue weighted by molar-refractivity contribution is -0.136. The second-order valence-corrected chi connectivity index (χ2v) is 8.50. The van der Waals surface area contributed by atoms with E-state index in [1.165, 1.54) is 23.0 Å². The van der Waals surface area contributed by atoms with Crippen molar-refractivity contribution in [3.8, 4) is 11.5 Å². The topological polar surface area (TPSA) is 96.9 Å². The molecule has 3 heterocycles. The highest BCUT2D eigenvalue weighted by molar-refractivity contribution is 7.07. The molecule has 33 heavy (non-hydrogen) atoms. The second-order valence-electron chi connectivity index (χ2n) is 7.49. The molecule has 3 aromatic rings. The number of hydrogen-bond acceptors (Lipinski definition) is 8. The van der Waals surface area contributed by atoms with Gasteiger partial charge in [-0.2, -0.15) is 5.10 Å². The first-order chi connectivity index (χ1) is 15.8. The van der Waals surface area contributed by atoms with E-state index in [4.69, 9.17) is 14.2 Å². The Morgan fingerprint density at radius 1 is 1.18 bits per heavy atom. The van der Waals surface area contributed by atoms with Crippen LogP contribution in [-0.2, 0) is 16.6 Å². The van der Waals surface area contributed by atoms with Gasteiger partial charge in [0.1, 0.15) is 17.5 Å². The van der Waals surface area contributed by atoms with E-state index >= 15 is 0 Å². The number of aromatic nitrogens is 3. The van der Waals surface area contributed by atoms with Crippen LogP contribution in [0.1, 0.15) is 29.8 Å². The lowest BCUT2D eigenvalue weighted by atomic mass is 9.96. The first-order valence-corrected chi connectivity index (χ1v) is 10.9. The Kier molecular flexibility index (Phi) is 5.94. The average molecular weight is 469 g/mol.